The van der Waals surface area contributed by atoms with E-state index in [0.717, 1.165) is 5.56 Å². The highest BCUT2D eigenvalue weighted by Gasteiger charge is 2.31. The van der Waals surface area contributed by atoms with Crippen LogP contribution in [0.3, 0.4) is 0 Å². The van der Waals surface area contributed by atoms with Crippen molar-refractivity contribution in [1.29, 1.82) is 0 Å². The molecular formula is C17H25NO4. The number of hydrogen-bond donors (Lipinski definition) is 2. The van der Waals surface area contributed by atoms with E-state index in [1.165, 1.54) is 0 Å². The number of ether oxygens (including phenoxy) is 2. The van der Waals surface area contributed by atoms with Crippen LogP contribution in [0.25, 0.3) is 0 Å². The number of aliphatic hydroxyl groups excluding tert-OH is 1. The first-order valence-electron chi connectivity index (χ1n) is 7.81. The molecule has 1 saturated heterocycles. The average Bonchev–Trinajstić information content (AvgIpc) is 3.29. The Balaban J connectivity index is 1.81. The Labute approximate surface area is 131 Å². The molecule has 0 spiro atoms. The molecule has 2 N–H and O–H groups in total. The van der Waals surface area contributed by atoms with Crippen LogP contribution in [-0.2, 0) is 16.1 Å². The predicted octanol–water partition coefficient (Wildman–Crippen LogP) is 2.48. The molecule has 0 aromatic heterocycles. The van der Waals surface area contributed by atoms with E-state index >= 15 is 0 Å². The molecular weight excluding hydrogens is 282 g/mol. The second kappa shape index (κ2) is 8.15. The molecule has 1 aliphatic heterocycles. The van der Waals surface area contributed by atoms with Gasteiger partial charge in [0.2, 0.25) is 0 Å². The van der Waals surface area contributed by atoms with Gasteiger partial charge in [-0.2, -0.15) is 0 Å². The lowest BCUT2D eigenvalue weighted by molar-refractivity contribution is 0.0841. The van der Waals surface area contributed by atoms with Crippen molar-refractivity contribution in [2.24, 2.45) is 5.92 Å². The number of benzene rings is 1. The van der Waals surface area contributed by atoms with E-state index in [4.69, 9.17) is 9.47 Å². The van der Waals surface area contributed by atoms with Crippen molar-refractivity contribution < 1.29 is 19.4 Å². The summed E-state index contributed by atoms with van der Waals surface area (Å²) in [6, 6.07) is 9.21. The van der Waals surface area contributed by atoms with Crippen molar-refractivity contribution in [3.63, 3.8) is 0 Å². The van der Waals surface area contributed by atoms with Gasteiger partial charge >= 0.3 is 6.09 Å². The van der Waals surface area contributed by atoms with Gasteiger partial charge in [-0.1, -0.05) is 44.2 Å². The van der Waals surface area contributed by atoms with Crippen LogP contribution in [0.4, 0.5) is 4.79 Å². The highest BCUT2D eigenvalue weighted by molar-refractivity contribution is 5.67. The van der Waals surface area contributed by atoms with Crippen LogP contribution in [0, 0.1) is 5.92 Å². The molecule has 122 valence electrons. The van der Waals surface area contributed by atoms with Gasteiger partial charge in [-0.05, 0) is 17.9 Å². The number of amides is 1. The third-order valence-corrected chi connectivity index (χ3v) is 3.61. The number of epoxide rings is 1. The Bertz CT molecular complexity index is 459. The van der Waals surface area contributed by atoms with Gasteiger partial charge in [-0.25, -0.2) is 4.79 Å². The Morgan fingerprint density at radius 3 is 2.68 bits per heavy atom. The third kappa shape index (κ3) is 6.03. The van der Waals surface area contributed by atoms with Crippen LogP contribution in [0.1, 0.15) is 32.3 Å². The first-order chi connectivity index (χ1) is 10.5. The van der Waals surface area contributed by atoms with E-state index < -0.39 is 12.2 Å². The van der Waals surface area contributed by atoms with E-state index in [-0.39, 0.29) is 18.8 Å². The van der Waals surface area contributed by atoms with E-state index in [9.17, 15) is 9.90 Å². The lowest BCUT2D eigenvalue weighted by atomic mass is 9.96. The molecule has 2 rings (SSSR count). The van der Waals surface area contributed by atoms with Crippen molar-refractivity contribution in [2.75, 3.05) is 6.61 Å². The topological polar surface area (TPSA) is 71.1 Å². The Kier molecular flexibility index (Phi) is 6.21. The van der Waals surface area contributed by atoms with Crippen molar-refractivity contribution in [2.45, 2.75) is 51.5 Å². The van der Waals surface area contributed by atoms with Crippen LogP contribution in [0.5, 0.6) is 0 Å². The molecule has 1 aromatic rings. The number of nitrogens with one attached hydrogen (secondary N) is 1. The Morgan fingerprint density at radius 1 is 1.41 bits per heavy atom. The van der Waals surface area contributed by atoms with Crippen molar-refractivity contribution in [3.05, 3.63) is 35.9 Å². The normalized spacial score (nSPS) is 19.5. The number of aliphatic hydroxyl groups is 1. The number of rotatable bonds is 8. The molecule has 22 heavy (non-hydrogen) atoms. The molecule has 1 aliphatic rings. The summed E-state index contributed by atoms with van der Waals surface area (Å²) in [6.45, 7) is 5.04. The maximum atomic E-state index is 11.9. The molecule has 0 aliphatic carbocycles. The molecule has 5 heteroatoms. The molecule has 5 nitrogen and oxygen atoms in total. The summed E-state index contributed by atoms with van der Waals surface area (Å²) in [5, 5.41) is 13.0. The zero-order valence-electron chi connectivity index (χ0n) is 13.2. The molecule has 0 saturated carbocycles. The molecule has 0 radical (unpaired) electrons. The van der Waals surface area contributed by atoms with Crippen molar-refractivity contribution >= 4 is 6.09 Å². The molecule has 1 unspecified atom stereocenters. The molecule has 1 aromatic carbocycles. The number of carbonyl (C=O) groups excluding carboxylic acids is 1. The zero-order valence-corrected chi connectivity index (χ0v) is 13.2. The second-order valence-corrected chi connectivity index (χ2v) is 6.20. The van der Waals surface area contributed by atoms with Crippen LogP contribution >= 0.6 is 0 Å². The highest BCUT2D eigenvalue weighted by atomic mass is 16.6. The fourth-order valence-electron chi connectivity index (χ4n) is 2.37. The zero-order chi connectivity index (χ0) is 15.9. The summed E-state index contributed by atoms with van der Waals surface area (Å²) < 4.78 is 10.4. The maximum absolute atomic E-state index is 11.9. The van der Waals surface area contributed by atoms with Crippen LogP contribution in [-0.4, -0.2) is 36.1 Å². The summed E-state index contributed by atoms with van der Waals surface area (Å²) in [6.07, 6.45) is 0.279. The van der Waals surface area contributed by atoms with Crippen LogP contribution in [0.2, 0.25) is 0 Å². The van der Waals surface area contributed by atoms with E-state index in [1.54, 1.807) is 0 Å². The predicted molar refractivity (Wildman–Crippen MR) is 83.4 cm³/mol. The SMILES string of the molecule is CC(C)C[C@H](NC(=O)OCc1ccccc1)[C@@H](O)CC1CO1. The van der Waals surface area contributed by atoms with Gasteiger partial charge in [0.25, 0.3) is 0 Å². The molecule has 1 heterocycles. The van der Waals surface area contributed by atoms with Crippen LogP contribution in [0.15, 0.2) is 30.3 Å². The van der Waals surface area contributed by atoms with Gasteiger partial charge in [0.05, 0.1) is 24.9 Å². The van der Waals surface area contributed by atoms with Gasteiger partial charge in [-0.3, -0.25) is 0 Å². The van der Waals surface area contributed by atoms with Crippen molar-refractivity contribution in [3.8, 4) is 0 Å². The number of carbonyl (C=O) groups is 1. The van der Waals surface area contributed by atoms with Gasteiger partial charge < -0.3 is 19.9 Å². The average molecular weight is 307 g/mol. The van der Waals surface area contributed by atoms with Crippen molar-refractivity contribution in [1.82, 2.24) is 5.32 Å². The van der Waals surface area contributed by atoms with Gasteiger partial charge in [0, 0.05) is 6.42 Å². The highest BCUT2D eigenvalue weighted by Crippen LogP contribution is 2.20. The lowest BCUT2D eigenvalue weighted by Crippen LogP contribution is -2.44. The fourth-order valence-corrected chi connectivity index (χ4v) is 2.37. The van der Waals surface area contributed by atoms with Crippen LogP contribution < -0.4 is 5.32 Å². The molecule has 0 bridgehead atoms. The minimum absolute atomic E-state index is 0.131. The fraction of sp³-hybridized carbons (Fsp3) is 0.588. The number of alkyl carbamates (subject to hydrolysis) is 1. The monoisotopic (exact) mass is 307 g/mol. The quantitative estimate of drug-likeness (QED) is 0.724. The minimum Gasteiger partial charge on any atom is -0.445 e. The van der Waals surface area contributed by atoms with E-state index in [1.807, 2.05) is 30.3 Å². The molecule has 3 atom stereocenters. The second-order valence-electron chi connectivity index (χ2n) is 6.20. The largest absolute Gasteiger partial charge is 0.445 e. The summed E-state index contributed by atoms with van der Waals surface area (Å²) in [4.78, 5) is 11.9. The standard InChI is InChI=1S/C17H25NO4/c1-12(2)8-15(16(19)9-14-11-21-14)18-17(20)22-10-13-6-4-3-5-7-13/h3-7,12,14-16,19H,8-11H2,1-2H3,(H,18,20)/t14?,15-,16-/m0/s1. The lowest BCUT2D eigenvalue weighted by Gasteiger charge is -2.25. The first kappa shape index (κ1) is 16.8. The van der Waals surface area contributed by atoms with E-state index in [2.05, 4.69) is 19.2 Å². The third-order valence-electron chi connectivity index (χ3n) is 3.61. The van der Waals surface area contributed by atoms with Gasteiger partial charge in [0.1, 0.15) is 6.61 Å². The summed E-state index contributed by atoms with van der Waals surface area (Å²) in [5.74, 6) is 0.370. The Morgan fingerprint density at radius 2 is 2.09 bits per heavy atom. The summed E-state index contributed by atoms with van der Waals surface area (Å²) >= 11 is 0. The first-order valence-corrected chi connectivity index (χ1v) is 7.81. The summed E-state index contributed by atoms with van der Waals surface area (Å²) in [5.41, 5.74) is 0.935. The Hall–Kier alpha value is -1.59. The van der Waals surface area contributed by atoms with E-state index in [0.29, 0.717) is 25.4 Å². The molecule has 1 amide bonds. The van der Waals surface area contributed by atoms with Gasteiger partial charge in [-0.15, -0.1) is 0 Å². The number of hydrogen-bond acceptors (Lipinski definition) is 4. The van der Waals surface area contributed by atoms with Gasteiger partial charge in [0.15, 0.2) is 0 Å². The minimum atomic E-state index is -0.612. The molecule has 1 fully saturated rings. The maximum Gasteiger partial charge on any atom is 0.407 e. The summed E-state index contributed by atoms with van der Waals surface area (Å²) in [7, 11) is 0. The smallest absolute Gasteiger partial charge is 0.407 e.